The highest BCUT2D eigenvalue weighted by Gasteiger charge is 2.13. The topological polar surface area (TPSA) is 131 Å². The van der Waals surface area contributed by atoms with Crippen LogP contribution in [0.5, 0.6) is 0 Å². The molecule has 22 heavy (non-hydrogen) atoms. The zero-order valence-corrected chi connectivity index (χ0v) is 11.8. The lowest BCUT2D eigenvalue weighted by atomic mass is 10.2. The normalized spacial score (nSPS) is 11.4. The number of rotatable bonds is 6. The van der Waals surface area contributed by atoms with Crippen LogP contribution in [0.15, 0.2) is 18.2 Å². The number of carbonyl (C=O) groups is 3. The number of methoxy groups -OCH3 is 1. The molecule has 9 heteroatoms. The number of hydrogen-bond donors (Lipinski definition) is 4. The average Bonchev–Trinajstić information content (AvgIpc) is 2.46. The van der Waals surface area contributed by atoms with E-state index in [1.54, 1.807) is 0 Å². The monoisotopic (exact) mass is 313 g/mol. The molecule has 0 heterocycles. The Labute approximate surface area is 125 Å². The largest absolute Gasteiger partial charge is 0.469 e. The second-order valence-electron chi connectivity index (χ2n) is 4.33. The number of primary amides is 1. The van der Waals surface area contributed by atoms with Crippen molar-refractivity contribution in [1.82, 2.24) is 5.32 Å². The first kappa shape index (κ1) is 17.4. The zero-order chi connectivity index (χ0) is 16.7. The number of aliphatic hydroxyl groups is 1. The summed E-state index contributed by atoms with van der Waals surface area (Å²) in [5.74, 6) is -2.37. The third-order valence-electron chi connectivity index (χ3n) is 2.62. The molecular weight excluding hydrogens is 297 g/mol. The summed E-state index contributed by atoms with van der Waals surface area (Å²) in [6, 6.07) is 2.61. The lowest BCUT2D eigenvalue weighted by molar-refractivity contribution is -0.142. The maximum atomic E-state index is 13.3. The summed E-state index contributed by atoms with van der Waals surface area (Å²) in [5.41, 5.74) is 4.78. The highest BCUT2D eigenvalue weighted by atomic mass is 19.1. The molecule has 0 radical (unpaired) electrons. The number of benzene rings is 1. The third kappa shape index (κ3) is 5.37. The molecule has 0 aliphatic carbocycles. The quantitative estimate of drug-likeness (QED) is 0.548. The van der Waals surface area contributed by atoms with Gasteiger partial charge in [-0.15, -0.1) is 0 Å². The summed E-state index contributed by atoms with van der Waals surface area (Å²) >= 11 is 0. The fourth-order valence-corrected chi connectivity index (χ4v) is 1.53. The SMILES string of the molecule is COC(=O)CC(O)CNC(=O)Nc1ccc(F)c(C(N)=O)c1. The summed E-state index contributed by atoms with van der Waals surface area (Å²) in [6.07, 6.45) is -1.37. The number of halogens is 1. The van der Waals surface area contributed by atoms with Crippen LogP contribution in [0, 0.1) is 5.82 Å². The van der Waals surface area contributed by atoms with Crippen molar-refractivity contribution in [3.05, 3.63) is 29.6 Å². The Morgan fingerprint density at radius 3 is 2.68 bits per heavy atom. The van der Waals surface area contributed by atoms with E-state index in [1.165, 1.54) is 13.2 Å². The van der Waals surface area contributed by atoms with Crippen molar-refractivity contribution >= 4 is 23.6 Å². The van der Waals surface area contributed by atoms with Gasteiger partial charge in [-0.2, -0.15) is 0 Å². The molecule has 1 rings (SSSR count). The van der Waals surface area contributed by atoms with Gasteiger partial charge in [-0.3, -0.25) is 9.59 Å². The van der Waals surface area contributed by atoms with Crippen LogP contribution in [0.3, 0.4) is 0 Å². The summed E-state index contributed by atoms with van der Waals surface area (Å²) in [7, 11) is 1.18. The second-order valence-corrected chi connectivity index (χ2v) is 4.33. The van der Waals surface area contributed by atoms with Crippen molar-refractivity contribution in [2.24, 2.45) is 5.73 Å². The molecule has 1 atom stereocenters. The van der Waals surface area contributed by atoms with Crippen LogP contribution in [0.1, 0.15) is 16.8 Å². The molecule has 1 unspecified atom stereocenters. The maximum Gasteiger partial charge on any atom is 0.319 e. The highest BCUT2D eigenvalue weighted by molar-refractivity contribution is 5.96. The Kier molecular flexibility index (Phi) is 6.26. The summed E-state index contributed by atoms with van der Waals surface area (Å²) < 4.78 is 17.6. The molecule has 0 saturated carbocycles. The minimum Gasteiger partial charge on any atom is -0.469 e. The smallest absolute Gasteiger partial charge is 0.319 e. The average molecular weight is 313 g/mol. The third-order valence-corrected chi connectivity index (χ3v) is 2.62. The van der Waals surface area contributed by atoms with E-state index in [9.17, 15) is 23.9 Å². The van der Waals surface area contributed by atoms with Crippen LogP contribution in [-0.2, 0) is 9.53 Å². The van der Waals surface area contributed by atoms with Gasteiger partial charge in [0.25, 0.3) is 5.91 Å². The molecule has 0 bridgehead atoms. The van der Waals surface area contributed by atoms with Crippen molar-refractivity contribution in [1.29, 1.82) is 0 Å². The van der Waals surface area contributed by atoms with E-state index >= 15 is 0 Å². The minimum atomic E-state index is -1.10. The van der Waals surface area contributed by atoms with Crippen molar-refractivity contribution in [2.75, 3.05) is 19.0 Å². The standard InChI is InChI=1S/C13H16FN3O5/c1-22-11(19)5-8(18)6-16-13(21)17-7-2-3-10(14)9(4-7)12(15)20/h2-4,8,18H,5-6H2,1H3,(H2,15,20)(H2,16,17,21). The van der Waals surface area contributed by atoms with Crippen LogP contribution in [0.4, 0.5) is 14.9 Å². The van der Waals surface area contributed by atoms with Crippen LogP contribution in [-0.4, -0.2) is 42.8 Å². The molecule has 0 fully saturated rings. The number of ether oxygens (including phenoxy) is 1. The van der Waals surface area contributed by atoms with Gasteiger partial charge in [0.1, 0.15) is 5.82 Å². The van der Waals surface area contributed by atoms with E-state index in [4.69, 9.17) is 5.73 Å². The van der Waals surface area contributed by atoms with E-state index in [0.29, 0.717) is 0 Å². The van der Waals surface area contributed by atoms with Crippen molar-refractivity contribution in [2.45, 2.75) is 12.5 Å². The molecule has 8 nitrogen and oxygen atoms in total. The number of amides is 3. The molecule has 0 aliphatic heterocycles. The van der Waals surface area contributed by atoms with E-state index < -0.39 is 29.8 Å². The molecular formula is C13H16FN3O5. The van der Waals surface area contributed by atoms with E-state index in [1.807, 2.05) is 0 Å². The minimum absolute atomic E-state index is 0.148. The van der Waals surface area contributed by atoms with Gasteiger partial charge < -0.3 is 26.2 Å². The Hall–Kier alpha value is -2.68. The number of carbonyl (C=O) groups excluding carboxylic acids is 3. The summed E-state index contributed by atoms with van der Waals surface area (Å²) in [6.45, 7) is -0.190. The Balaban J connectivity index is 2.53. The molecule has 3 amide bonds. The first-order valence-corrected chi connectivity index (χ1v) is 6.22. The van der Waals surface area contributed by atoms with Gasteiger partial charge in [-0.05, 0) is 18.2 Å². The fourth-order valence-electron chi connectivity index (χ4n) is 1.53. The molecule has 5 N–H and O–H groups in total. The van der Waals surface area contributed by atoms with Gasteiger partial charge in [0.2, 0.25) is 0 Å². The van der Waals surface area contributed by atoms with E-state index in [2.05, 4.69) is 15.4 Å². The predicted octanol–water partition coefficient (Wildman–Crippen LogP) is -0.0299. The van der Waals surface area contributed by atoms with Gasteiger partial charge in [0.05, 0.1) is 25.2 Å². The highest BCUT2D eigenvalue weighted by Crippen LogP contribution is 2.14. The predicted molar refractivity (Wildman–Crippen MR) is 74.6 cm³/mol. The second kappa shape index (κ2) is 7.93. The number of hydrogen-bond acceptors (Lipinski definition) is 5. The Bertz CT molecular complexity index is 579. The summed E-state index contributed by atoms with van der Waals surface area (Å²) in [5, 5.41) is 14.1. The lowest BCUT2D eigenvalue weighted by Gasteiger charge is -2.12. The maximum absolute atomic E-state index is 13.3. The van der Waals surface area contributed by atoms with Crippen molar-refractivity contribution in [3.63, 3.8) is 0 Å². The fraction of sp³-hybridized carbons (Fsp3) is 0.308. The number of urea groups is 1. The number of nitrogens with one attached hydrogen (secondary N) is 2. The molecule has 0 aromatic heterocycles. The van der Waals surface area contributed by atoms with E-state index in [0.717, 1.165) is 12.1 Å². The van der Waals surface area contributed by atoms with Crippen molar-refractivity contribution < 1.29 is 28.6 Å². The molecule has 0 saturated heterocycles. The Morgan fingerprint density at radius 1 is 1.41 bits per heavy atom. The molecule has 1 aromatic rings. The number of anilines is 1. The first-order valence-electron chi connectivity index (χ1n) is 6.22. The van der Waals surface area contributed by atoms with E-state index in [-0.39, 0.29) is 24.2 Å². The zero-order valence-electron chi connectivity index (χ0n) is 11.8. The number of aliphatic hydroxyl groups excluding tert-OH is 1. The lowest BCUT2D eigenvalue weighted by Crippen LogP contribution is -2.36. The van der Waals surface area contributed by atoms with Gasteiger partial charge >= 0.3 is 12.0 Å². The first-order chi connectivity index (χ1) is 10.3. The van der Waals surface area contributed by atoms with Crippen LogP contribution >= 0.6 is 0 Å². The molecule has 120 valence electrons. The number of nitrogens with two attached hydrogens (primary N) is 1. The van der Waals surface area contributed by atoms with Gasteiger partial charge in [0.15, 0.2) is 0 Å². The van der Waals surface area contributed by atoms with Gasteiger partial charge in [0, 0.05) is 12.2 Å². The molecule has 0 spiro atoms. The van der Waals surface area contributed by atoms with Crippen LogP contribution in [0.25, 0.3) is 0 Å². The molecule has 0 aliphatic rings. The van der Waals surface area contributed by atoms with Crippen LogP contribution in [0.2, 0.25) is 0 Å². The Morgan fingerprint density at radius 2 is 2.09 bits per heavy atom. The van der Waals surface area contributed by atoms with Gasteiger partial charge in [-0.1, -0.05) is 0 Å². The van der Waals surface area contributed by atoms with Crippen molar-refractivity contribution in [3.8, 4) is 0 Å². The van der Waals surface area contributed by atoms with Crippen LogP contribution < -0.4 is 16.4 Å². The number of esters is 1. The molecule has 1 aromatic carbocycles. The van der Waals surface area contributed by atoms with Gasteiger partial charge in [-0.25, -0.2) is 9.18 Å². The summed E-state index contributed by atoms with van der Waals surface area (Å²) in [4.78, 5) is 33.5.